The fraction of sp³-hybridized carbons (Fsp3) is 0. The van der Waals surface area contributed by atoms with Crippen LogP contribution in [0.1, 0.15) is 0 Å². The van der Waals surface area contributed by atoms with E-state index in [9.17, 15) is 0 Å². The molecule has 0 bridgehead atoms. The summed E-state index contributed by atoms with van der Waals surface area (Å²) in [5.74, 6) is 1.94. The molecular formula is C41H23N3O. The number of rotatable bonds is 4. The van der Waals surface area contributed by atoms with Crippen LogP contribution in [0.5, 0.6) is 0 Å². The number of furan rings is 1. The highest BCUT2D eigenvalue weighted by molar-refractivity contribution is 6.40. The van der Waals surface area contributed by atoms with E-state index in [1.165, 1.54) is 43.1 Å². The van der Waals surface area contributed by atoms with E-state index in [0.29, 0.717) is 17.5 Å². The van der Waals surface area contributed by atoms with Crippen molar-refractivity contribution >= 4 is 54.3 Å². The summed E-state index contributed by atoms with van der Waals surface area (Å²) >= 11 is 0. The highest BCUT2D eigenvalue weighted by Crippen LogP contribution is 2.49. The van der Waals surface area contributed by atoms with E-state index in [1.807, 2.05) is 60.7 Å². The molecule has 0 radical (unpaired) electrons. The average Bonchev–Trinajstić information content (AvgIpc) is 3.51. The van der Waals surface area contributed by atoms with Gasteiger partial charge in [-0.3, -0.25) is 0 Å². The summed E-state index contributed by atoms with van der Waals surface area (Å²) in [6, 6.07) is 48.4. The Bertz CT molecular complexity index is 2630. The van der Waals surface area contributed by atoms with Gasteiger partial charge in [0, 0.05) is 38.2 Å². The standard InChI is InChI=1S/C41H23N3O/c1-3-9-26(10-4-1)39-42-40(27-11-5-2-6-12-27)44-41(43-39)29-15-7-14-28(23-29)30-20-22-33-38-36(30)31-16-8-13-24-17-18-25-19-21-32(45-33)37(38)35(25)34(24)31/h1-23H. The van der Waals surface area contributed by atoms with Crippen molar-refractivity contribution in [1.29, 1.82) is 0 Å². The fourth-order valence-electron chi connectivity index (χ4n) is 7.04. The van der Waals surface area contributed by atoms with Crippen LogP contribution in [0.4, 0.5) is 0 Å². The summed E-state index contributed by atoms with van der Waals surface area (Å²) in [7, 11) is 0. The molecule has 0 aliphatic rings. The molecule has 0 saturated carbocycles. The van der Waals surface area contributed by atoms with E-state index < -0.39 is 0 Å². The van der Waals surface area contributed by atoms with Crippen molar-refractivity contribution in [3.8, 4) is 45.3 Å². The van der Waals surface area contributed by atoms with Crippen LogP contribution in [0.2, 0.25) is 0 Å². The van der Waals surface area contributed by atoms with Crippen molar-refractivity contribution in [2.45, 2.75) is 0 Å². The van der Waals surface area contributed by atoms with Crippen molar-refractivity contribution in [2.24, 2.45) is 0 Å². The maximum absolute atomic E-state index is 6.45. The molecule has 0 aliphatic carbocycles. The lowest BCUT2D eigenvalue weighted by Gasteiger charge is -2.16. The molecule has 2 heterocycles. The molecule has 10 rings (SSSR count). The second kappa shape index (κ2) is 9.18. The molecule has 45 heavy (non-hydrogen) atoms. The third-order valence-electron chi connectivity index (χ3n) is 9.03. The monoisotopic (exact) mass is 573 g/mol. The molecule has 2 aromatic heterocycles. The van der Waals surface area contributed by atoms with Gasteiger partial charge in [-0.25, -0.2) is 15.0 Å². The molecule has 0 unspecified atom stereocenters. The first-order valence-electron chi connectivity index (χ1n) is 15.1. The second-order valence-electron chi connectivity index (χ2n) is 11.6. The summed E-state index contributed by atoms with van der Waals surface area (Å²) in [5.41, 5.74) is 6.95. The number of hydrogen-bond donors (Lipinski definition) is 0. The van der Waals surface area contributed by atoms with Gasteiger partial charge in [-0.05, 0) is 50.9 Å². The first-order valence-corrected chi connectivity index (χ1v) is 15.1. The van der Waals surface area contributed by atoms with E-state index in [0.717, 1.165) is 39.0 Å². The van der Waals surface area contributed by atoms with E-state index in [2.05, 4.69) is 78.9 Å². The van der Waals surface area contributed by atoms with Gasteiger partial charge < -0.3 is 4.42 Å². The lowest BCUT2D eigenvalue weighted by molar-refractivity contribution is 0.669. The predicted molar refractivity (Wildman–Crippen MR) is 184 cm³/mol. The summed E-state index contributed by atoms with van der Waals surface area (Å²) in [6.45, 7) is 0. The second-order valence-corrected chi connectivity index (χ2v) is 11.6. The average molecular weight is 574 g/mol. The Labute approximate surface area is 257 Å². The number of fused-ring (bicyclic) bond motifs is 1. The molecular weight excluding hydrogens is 550 g/mol. The van der Waals surface area contributed by atoms with Crippen LogP contribution < -0.4 is 0 Å². The number of benzene rings is 8. The highest BCUT2D eigenvalue weighted by atomic mass is 16.3. The molecule has 0 atom stereocenters. The minimum atomic E-state index is 0.641. The Morgan fingerprint density at radius 3 is 1.60 bits per heavy atom. The number of aromatic nitrogens is 3. The smallest absolute Gasteiger partial charge is 0.164 e. The number of nitrogens with zero attached hydrogens (tertiary/aromatic N) is 3. The highest BCUT2D eigenvalue weighted by Gasteiger charge is 2.22. The fourth-order valence-corrected chi connectivity index (χ4v) is 7.04. The molecule has 0 N–H and O–H groups in total. The quantitative estimate of drug-likeness (QED) is 0.155. The van der Waals surface area contributed by atoms with Crippen molar-refractivity contribution < 1.29 is 4.42 Å². The maximum Gasteiger partial charge on any atom is 0.164 e. The first kappa shape index (κ1) is 24.3. The van der Waals surface area contributed by atoms with Crippen LogP contribution in [0.15, 0.2) is 144 Å². The summed E-state index contributed by atoms with van der Waals surface area (Å²) in [4.78, 5) is 14.9. The number of hydrogen-bond acceptors (Lipinski definition) is 4. The van der Waals surface area contributed by atoms with Gasteiger partial charge in [-0.2, -0.15) is 0 Å². The molecule has 10 aromatic rings. The largest absolute Gasteiger partial charge is 0.456 e. The molecule has 0 aliphatic heterocycles. The Hall–Kier alpha value is -6.13. The zero-order chi connectivity index (χ0) is 29.5. The lowest BCUT2D eigenvalue weighted by atomic mass is 9.86. The van der Waals surface area contributed by atoms with Crippen molar-refractivity contribution in [1.82, 2.24) is 15.0 Å². The van der Waals surface area contributed by atoms with Gasteiger partial charge in [0.1, 0.15) is 11.2 Å². The van der Waals surface area contributed by atoms with Gasteiger partial charge in [0.25, 0.3) is 0 Å². The van der Waals surface area contributed by atoms with Crippen LogP contribution in [0.25, 0.3) is 99.5 Å². The normalized spacial score (nSPS) is 12.0. The molecule has 4 heteroatoms. The Morgan fingerprint density at radius 2 is 0.889 bits per heavy atom. The third kappa shape index (κ3) is 3.57. The van der Waals surface area contributed by atoms with Gasteiger partial charge in [-0.1, -0.05) is 121 Å². The third-order valence-corrected chi connectivity index (χ3v) is 9.03. The van der Waals surface area contributed by atoms with E-state index in [4.69, 9.17) is 19.4 Å². The van der Waals surface area contributed by atoms with E-state index in [-0.39, 0.29) is 0 Å². The van der Waals surface area contributed by atoms with Crippen LogP contribution in [0, 0.1) is 0 Å². The molecule has 0 fully saturated rings. The van der Waals surface area contributed by atoms with Gasteiger partial charge in [0.2, 0.25) is 0 Å². The topological polar surface area (TPSA) is 51.8 Å². The first-order chi connectivity index (χ1) is 22.3. The zero-order valence-electron chi connectivity index (χ0n) is 24.0. The lowest BCUT2D eigenvalue weighted by Crippen LogP contribution is -2.00. The minimum Gasteiger partial charge on any atom is -0.456 e. The van der Waals surface area contributed by atoms with Crippen LogP contribution in [-0.4, -0.2) is 15.0 Å². The van der Waals surface area contributed by atoms with Crippen molar-refractivity contribution in [3.05, 3.63) is 140 Å². The van der Waals surface area contributed by atoms with Crippen LogP contribution >= 0.6 is 0 Å². The molecule has 4 nitrogen and oxygen atoms in total. The summed E-state index contributed by atoms with van der Waals surface area (Å²) < 4.78 is 6.45. The maximum atomic E-state index is 6.45. The molecule has 0 saturated heterocycles. The van der Waals surface area contributed by atoms with Gasteiger partial charge in [0.05, 0.1) is 0 Å². The molecule has 0 amide bonds. The minimum absolute atomic E-state index is 0.641. The Morgan fingerprint density at radius 1 is 0.356 bits per heavy atom. The van der Waals surface area contributed by atoms with E-state index in [1.54, 1.807) is 0 Å². The Balaban J connectivity index is 1.23. The summed E-state index contributed by atoms with van der Waals surface area (Å²) in [5, 5.41) is 9.89. The zero-order valence-corrected chi connectivity index (χ0v) is 24.0. The van der Waals surface area contributed by atoms with Gasteiger partial charge >= 0.3 is 0 Å². The molecule has 208 valence electrons. The van der Waals surface area contributed by atoms with Crippen LogP contribution in [0.3, 0.4) is 0 Å². The molecule has 8 aromatic carbocycles. The van der Waals surface area contributed by atoms with Crippen molar-refractivity contribution in [3.63, 3.8) is 0 Å². The summed E-state index contributed by atoms with van der Waals surface area (Å²) in [6.07, 6.45) is 0. The van der Waals surface area contributed by atoms with Gasteiger partial charge in [-0.15, -0.1) is 0 Å². The predicted octanol–water partition coefficient (Wildman–Crippen LogP) is 10.8. The van der Waals surface area contributed by atoms with Gasteiger partial charge in [0.15, 0.2) is 17.5 Å². The Kier molecular flexibility index (Phi) is 4.96. The molecule has 0 spiro atoms. The SMILES string of the molecule is c1ccc(-c2nc(-c3ccccc3)nc(-c3cccc(-c4ccc5oc6ccc7ccc8cccc9c4c5c6c7c89)c3)n2)cc1. The van der Waals surface area contributed by atoms with E-state index >= 15 is 0 Å². The van der Waals surface area contributed by atoms with Crippen molar-refractivity contribution in [2.75, 3.05) is 0 Å². The van der Waals surface area contributed by atoms with Crippen LogP contribution in [-0.2, 0) is 0 Å².